The molecule has 2 rings (SSSR count). The van der Waals surface area contributed by atoms with Crippen LogP contribution in [-0.2, 0) is 0 Å². The van der Waals surface area contributed by atoms with Crippen LogP contribution in [0.1, 0.15) is 27.7 Å². The standard InChI is InChI=1S/C16H20N2O2.ClH/c1-12-7-4-5-8-13(12)16(19)17-11-14(18(2)3)15-9-6-10-20-15;/h4-10,14H,11H2,1-3H3,(H,17,19);1H. The fraction of sp³-hybridized carbons (Fsp3) is 0.312. The predicted octanol–water partition coefficient (Wildman–Crippen LogP) is 3.04. The van der Waals surface area contributed by atoms with Gasteiger partial charge in [0.2, 0.25) is 0 Å². The monoisotopic (exact) mass is 308 g/mol. The van der Waals surface area contributed by atoms with Crippen LogP contribution in [0, 0.1) is 6.92 Å². The minimum absolute atomic E-state index is 0. The van der Waals surface area contributed by atoms with Gasteiger partial charge in [-0.2, -0.15) is 0 Å². The van der Waals surface area contributed by atoms with Gasteiger partial charge < -0.3 is 9.73 Å². The smallest absolute Gasteiger partial charge is 0.251 e. The van der Waals surface area contributed by atoms with Crippen molar-refractivity contribution in [1.29, 1.82) is 0 Å². The molecular formula is C16H21ClN2O2. The summed E-state index contributed by atoms with van der Waals surface area (Å²) in [6.07, 6.45) is 1.65. The Morgan fingerprint density at radius 3 is 2.52 bits per heavy atom. The van der Waals surface area contributed by atoms with Gasteiger partial charge in [-0.3, -0.25) is 9.69 Å². The van der Waals surface area contributed by atoms with E-state index in [0.29, 0.717) is 12.1 Å². The van der Waals surface area contributed by atoms with Gasteiger partial charge in [-0.1, -0.05) is 18.2 Å². The fourth-order valence-electron chi connectivity index (χ4n) is 2.13. The van der Waals surface area contributed by atoms with E-state index in [4.69, 9.17) is 4.42 Å². The molecule has 0 aliphatic carbocycles. The summed E-state index contributed by atoms with van der Waals surface area (Å²) in [6.45, 7) is 2.44. The molecular weight excluding hydrogens is 288 g/mol. The SMILES string of the molecule is Cc1ccccc1C(=O)NCC(c1ccco1)N(C)C.Cl. The molecule has 0 radical (unpaired) electrons. The Balaban J connectivity index is 0.00000220. The van der Waals surface area contributed by atoms with E-state index in [9.17, 15) is 4.79 Å². The van der Waals surface area contributed by atoms with Gasteiger partial charge in [-0.15, -0.1) is 12.4 Å². The first-order valence-electron chi connectivity index (χ1n) is 6.63. The van der Waals surface area contributed by atoms with Crippen LogP contribution in [0.25, 0.3) is 0 Å². The van der Waals surface area contributed by atoms with Crippen LogP contribution in [0.5, 0.6) is 0 Å². The molecule has 0 saturated heterocycles. The Hall–Kier alpha value is -1.78. The first-order valence-corrected chi connectivity index (χ1v) is 6.63. The molecule has 5 heteroatoms. The van der Waals surface area contributed by atoms with E-state index in [1.54, 1.807) is 6.26 Å². The highest BCUT2D eigenvalue weighted by Gasteiger charge is 2.18. The van der Waals surface area contributed by atoms with Crippen LogP contribution in [0.3, 0.4) is 0 Å². The number of furan rings is 1. The van der Waals surface area contributed by atoms with Gasteiger partial charge >= 0.3 is 0 Å². The fourth-order valence-corrected chi connectivity index (χ4v) is 2.13. The number of nitrogens with one attached hydrogen (secondary N) is 1. The van der Waals surface area contributed by atoms with Gasteiger partial charge in [-0.25, -0.2) is 0 Å². The molecule has 114 valence electrons. The van der Waals surface area contributed by atoms with Gasteiger partial charge in [0.25, 0.3) is 5.91 Å². The van der Waals surface area contributed by atoms with Crippen LogP contribution in [-0.4, -0.2) is 31.4 Å². The van der Waals surface area contributed by atoms with E-state index < -0.39 is 0 Å². The second kappa shape index (κ2) is 7.86. The average Bonchev–Trinajstić information content (AvgIpc) is 2.92. The van der Waals surface area contributed by atoms with E-state index in [0.717, 1.165) is 11.3 Å². The lowest BCUT2D eigenvalue weighted by molar-refractivity contribution is 0.0938. The maximum atomic E-state index is 12.2. The molecule has 2 aromatic rings. The molecule has 4 nitrogen and oxygen atoms in total. The number of likely N-dealkylation sites (N-methyl/N-ethyl adjacent to an activating group) is 1. The number of carbonyl (C=O) groups excluding carboxylic acids is 1. The number of nitrogens with zero attached hydrogens (tertiary/aromatic N) is 1. The maximum absolute atomic E-state index is 12.2. The quantitative estimate of drug-likeness (QED) is 0.923. The summed E-state index contributed by atoms with van der Waals surface area (Å²) in [7, 11) is 3.93. The zero-order valence-corrected chi connectivity index (χ0v) is 13.3. The predicted molar refractivity (Wildman–Crippen MR) is 85.9 cm³/mol. The zero-order chi connectivity index (χ0) is 14.5. The van der Waals surface area contributed by atoms with Crippen molar-refractivity contribution >= 4 is 18.3 Å². The lowest BCUT2D eigenvalue weighted by Gasteiger charge is -2.22. The highest BCUT2D eigenvalue weighted by Crippen LogP contribution is 2.18. The molecule has 1 aromatic heterocycles. The van der Waals surface area contributed by atoms with E-state index in [2.05, 4.69) is 5.32 Å². The van der Waals surface area contributed by atoms with Crippen LogP contribution >= 0.6 is 12.4 Å². The van der Waals surface area contributed by atoms with E-state index in [1.807, 2.05) is 62.3 Å². The molecule has 0 bridgehead atoms. The summed E-state index contributed by atoms with van der Waals surface area (Å²) < 4.78 is 5.43. The third-order valence-corrected chi connectivity index (χ3v) is 3.34. The number of hydrogen-bond donors (Lipinski definition) is 1. The molecule has 0 saturated carbocycles. The largest absolute Gasteiger partial charge is 0.468 e. The lowest BCUT2D eigenvalue weighted by atomic mass is 10.1. The minimum Gasteiger partial charge on any atom is -0.468 e. The molecule has 1 N–H and O–H groups in total. The van der Waals surface area contributed by atoms with Gasteiger partial charge in [0, 0.05) is 12.1 Å². The molecule has 21 heavy (non-hydrogen) atoms. The Morgan fingerprint density at radius 2 is 1.95 bits per heavy atom. The van der Waals surface area contributed by atoms with Gasteiger partial charge in [-0.05, 0) is 44.8 Å². The van der Waals surface area contributed by atoms with Crippen molar-refractivity contribution in [3.63, 3.8) is 0 Å². The Kier molecular flexibility index (Phi) is 6.46. The lowest BCUT2D eigenvalue weighted by Crippen LogP contribution is -2.34. The van der Waals surface area contributed by atoms with Gasteiger partial charge in [0.15, 0.2) is 0 Å². The summed E-state index contributed by atoms with van der Waals surface area (Å²) in [4.78, 5) is 14.2. The summed E-state index contributed by atoms with van der Waals surface area (Å²) in [5, 5.41) is 2.97. The topological polar surface area (TPSA) is 45.5 Å². The van der Waals surface area contributed by atoms with Crippen molar-refractivity contribution in [3.8, 4) is 0 Å². The molecule has 1 atom stereocenters. The summed E-state index contributed by atoms with van der Waals surface area (Å²) >= 11 is 0. The van der Waals surface area contributed by atoms with Crippen LogP contribution in [0.15, 0.2) is 47.1 Å². The molecule has 1 unspecified atom stereocenters. The second-order valence-corrected chi connectivity index (χ2v) is 5.02. The van der Waals surface area contributed by atoms with Crippen LogP contribution in [0.2, 0.25) is 0 Å². The molecule has 0 aliphatic rings. The maximum Gasteiger partial charge on any atom is 0.251 e. The van der Waals surface area contributed by atoms with Gasteiger partial charge in [0.05, 0.1) is 12.3 Å². The highest BCUT2D eigenvalue weighted by atomic mass is 35.5. The number of amides is 1. The molecule has 1 heterocycles. The van der Waals surface area contributed by atoms with Crippen molar-refractivity contribution < 1.29 is 9.21 Å². The molecule has 1 aromatic carbocycles. The Labute approximate surface area is 131 Å². The normalized spacial score (nSPS) is 11.8. The molecule has 0 spiro atoms. The number of rotatable bonds is 5. The van der Waals surface area contributed by atoms with Crippen molar-refractivity contribution in [2.24, 2.45) is 0 Å². The average molecular weight is 309 g/mol. The first kappa shape index (κ1) is 17.3. The number of benzene rings is 1. The van der Waals surface area contributed by atoms with E-state index >= 15 is 0 Å². The second-order valence-electron chi connectivity index (χ2n) is 5.02. The number of carbonyl (C=O) groups is 1. The zero-order valence-electron chi connectivity index (χ0n) is 12.5. The summed E-state index contributed by atoms with van der Waals surface area (Å²) in [5.74, 6) is 0.793. The number of aryl methyl sites for hydroxylation is 1. The summed E-state index contributed by atoms with van der Waals surface area (Å²) in [5.41, 5.74) is 1.69. The molecule has 1 amide bonds. The van der Waals surface area contributed by atoms with Crippen LogP contribution in [0.4, 0.5) is 0 Å². The van der Waals surface area contributed by atoms with Crippen molar-refractivity contribution in [2.75, 3.05) is 20.6 Å². The van der Waals surface area contributed by atoms with E-state index in [-0.39, 0.29) is 24.4 Å². The molecule has 0 aliphatic heterocycles. The van der Waals surface area contributed by atoms with Crippen LogP contribution < -0.4 is 5.32 Å². The Morgan fingerprint density at radius 1 is 1.24 bits per heavy atom. The minimum atomic E-state index is -0.0542. The van der Waals surface area contributed by atoms with Crippen molar-refractivity contribution in [3.05, 3.63) is 59.5 Å². The number of hydrogen-bond acceptors (Lipinski definition) is 3. The third kappa shape index (κ3) is 4.34. The van der Waals surface area contributed by atoms with E-state index in [1.165, 1.54) is 0 Å². The highest BCUT2D eigenvalue weighted by molar-refractivity contribution is 5.95. The Bertz CT molecular complexity index is 567. The molecule has 0 fully saturated rings. The van der Waals surface area contributed by atoms with Gasteiger partial charge in [0.1, 0.15) is 5.76 Å². The summed E-state index contributed by atoms with van der Waals surface area (Å²) in [6, 6.07) is 11.4. The van der Waals surface area contributed by atoms with Crippen molar-refractivity contribution in [1.82, 2.24) is 10.2 Å². The first-order chi connectivity index (χ1) is 9.59. The van der Waals surface area contributed by atoms with Crippen molar-refractivity contribution in [2.45, 2.75) is 13.0 Å². The number of halogens is 1. The third-order valence-electron chi connectivity index (χ3n) is 3.34.